The lowest BCUT2D eigenvalue weighted by Crippen LogP contribution is -2.49. The first-order valence-corrected chi connectivity index (χ1v) is 17.5. The molecular weight excluding hydrogens is 562 g/mol. The van der Waals surface area contributed by atoms with Crippen LogP contribution in [0, 0.1) is 17.8 Å². The molecule has 0 unspecified atom stereocenters. The van der Waals surface area contributed by atoms with E-state index in [0.717, 1.165) is 48.5 Å². The van der Waals surface area contributed by atoms with E-state index in [1.165, 1.54) is 19.2 Å². The van der Waals surface area contributed by atoms with Crippen molar-refractivity contribution >= 4 is 37.3 Å². The Morgan fingerprint density at radius 2 is 1.66 bits per heavy atom. The molecule has 0 radical (unpaired) electrons. The molecule has 0 saturated carbocycles. The summed E-state index contributed by atoms with van der Waals surface area (Å²) in [6.07, 6.45) is 3.92. The van der Waals surface area contributed by atoms with Crippen LogP contribution in [0.25, 0.3) is 0 Å². The van der Waals surface area contributed by atoms with Crippen molar-refractivity contribution in [3.8, 4) is 0 Å². The lowest BCUT2D eigenvalue weighted by atomic mass is 9.89. The van der Waals surface area contributed by atoms with Gasteiger partial charge in [-0.15, -0.1) is 0 Å². The number of carbonyl (C=O) groups excluding carboxylic acids is 1. The van der Waals surface area contributed by atoms with Gasteiger partial charge >= 0.3 is 0 Å². The quantitative estimate of drug-likeness (QED) is 0.402. The van der Waals surface area contributed by atoms with E-state index in [2.05, 4.69) is 24.1 Å². The number of sulfonamides is 2. The summed E-state index contributed by atoms with van der Waals surface area (Å²) >= 11 is 0. The van der Waals surface area contributed by atoms with E-state index in [1.54, 1.807) is 28.6 Å². The second-order valence-electron chi connectivity index (χ2n) is 11.8. The van der Waals surface area contributed by atoms with Gasteiger partial charge in [-0.05, 0) is 85.5 Å². The van der Waals surface area contributed by atoms with Crippen LogP contribution in [0.4, 0.5) is 11.4 Å². The second kappa shape index (κ2) is 12.8. The smallest absolute Gasteiger partial charge is 0.257 e. The molecule has 2 aromatic carbocycles. The zero-order valence-corrected chi connectivity index (χ0v) is 26.0. The average molecular weight is 606 g/mol. The number of amides is 1. The van der Waals surface area contributed by atoms with Crippen LogP contribution in [0.2, 0.25) is 0 Å². The SMILES string of the molecule is CC(C)CC1CCN(S(=O)(=O)c2ccc(NC(=O)c3cc(CN4CC(CN)C4)ccc3N(C)S(C)(=O)=O)cc2)CC1. The Hall–Kier alpha value is -2.51. The van der Waals surface area contributed by atoms with Gasteiger partial charge in [0.05, 0.1) is 22.4 Å². The highest BCUT2D eigenvalue weighted by atomic mass is 32.2. The van der Waals surface area contributed by atoms with E-state index in [1.807, 2.05) is 6.07 Å². The number of nitrogens with one attached hydrogen (secondary N) is 1. The Morgan fingerprint density at radius 3 is 2.22 bits per heavy atom. The highest BCUT2D eigenvalue weighted by molar-refractivity contribution is 7.92. The van der Waals surface area contributed by atoms with Crippen LogP contribution < -0.4 is 15.4 Å². The van der Waals surface area contributed by atoms with Gasteiger partial charge in [-0.25, -0.2) is 16.8 Å². The van der Waals surface area contributed by atoms with Gasteiger partial charge in [0, 0.05) is 45.5 Å². The molecule has 2 aliphatic heterocycles. The Balaban J connectivity index is 1.48. The van der Waals surface area contributed by atoms with Gasteiger partial charge in [0.1, 0.15) is 0 Å². The van der Waals surface area contributed by atoms with Crippen molar-refractivity contribution in [2.24, 2.45) is 23.5 Å². The average Bonchev–Trinajstić information content (AvgIpc) is 2.89. The van der Waals surface area contributed by atoms with Crippen LogP contribution in [0.5, 0.6) is 0 Å². The third kappa shape index (κ3) is 7.66. The topological polar surface area (TPSA) is 133 Å². The first kappa shape index (κ1) is 31.4. The van der Waals surface area contributed by atoms with Gasteiger partial charge < -0.3 is 11.1 Å². The Kier molecular flexibility index (Phi) is 9.80. The number of likely N-dealkylation sites (tertiary alicyclic amines) is 1. The summed E-state index contributed by atoms with van der Waals surface area (Å²) in [6, 6.07) is 11.3. The van der Waals surface area contributed by atoms with Gasteiger partial charge in [0.15, 0.2) is 0 Å². The fourth-order valence-corrected chi connectivity index (χ4v) is 7.63. The van der Waals surface area contributed by atoms with E-state index in [-0.39, 0.29) is 16.1 Å². The molecule has 1 amide bonds. The number of benzene rings is 2. The van der Waals surface area contributed by atoms with Crippen LogP contribution in [0.3, 0.4) is 0 Å². The van der Waals surface area contributed by atoms with Crippen LogP contribution in [0.15, 0.2) is 47.4 Å². The minimum atomic E-state index is -3.63. The van der Waals surface area contributed by atoms with E-state index >= 15 is 0 Å². The number of nitrogens with two attached hydrogens (primary N) is 1. The van der Waals surface area contributed by atoms with Crippen molar-refractivity contribution in [1.29, 1.82) is 0 Å². The predicted octanol–water partition coefficient (Wildman–Crippen LogP) is 3.17. The highest BCUT2D eigenvalue weighted by Gasteiger charge is 2.30. The monoisotopic (exact) mass is 605 g/mol. The predicted molar refractivity (Wildman–Crippen MR) is 163 cm³/mol. The Labute approximate surface area is 245 Å². The third-order valence-corrected chi connectivity index (χ3v) is 11.1. The number of hydrogen-bond acceptors (Lipinski definition) is 7. The zero-order valence-electron chi connectivity index (χ0n) is 24.4. The summed E-state index contributed by atoms with van der Waals surface area (Å²) < 4.78 is 53.7. The van der Waals surface area contributed by atoms with Gasteiger partial charge in [-0.1, -0.05) is 19.9 Å². The summed E-state index contributed by atoms with van der Waals surface area (Å²) in [5, 5.41) is 2.81. The maximum absolute atomic E-state index is 13.4. The minimum absolute atomic E-state index is 0.183. The number of rotatable bonds is 11. The van der Waals surface area contributed by atoms with E-state index in [0.29, 0.717) is 49.6 Å². The maximum Gasteiger partial charge on any atom is 0.257 e. The molecule has 2 heterocycles. The fraction of sp³-hybridized carbons (Fsp3) is 0.552. The Morgan fingerprint density at radius 1 is 1.02 bits per heavy atom. The van der Waals surface area contributed by atoms with Crippen LogP contribution in [-0.2, 0) is 26.6 Å². The number of carbonyl (C=O) groups is 1. The standard InChI is InChI=1S/C29H43N5O5S2/c1-21(2)15-22-11-13-34(14-12-22)41(38,39)26-8-6-25(7-9-26)31-29(35)27-16-23(18-33-19-24(17-30)20-33)5-10-28(27)32(3)40(4,36)37/h5-10,16,21-22,24H,11-15,17-20,30H2,1-4H3,(H,31,35). The third-order valence-electron chi connectivity index (χ3n) is 8.04. The summed E-state index contributed by atoms with van der Waals surface area (Å²) in [5.41, 5.74) is 7.51. The van der Waals surface area contributed by atoms with Crippen molar-refractivity contribution in [2.45, 2.75) is 44.6 Å². The van der Waals surface area contributed by atoms with Gasteiger partial charge in [0.2, 0.25) is 20.0 Å². The molecule has 2 aromatic rings. The van der Waals surface area contributed by atoms with Crippen LogP contribution >= 0.6 is 0 Å². The highest BCUT2D eigenvalue weighted by Crippen LogP contribution is 2.29. The van der Waals surface area contributed by atoms with Crippen molar-refractivity contribution in [3.05, 3.63) is 53.6 Å². The molecule has 0 atom stereocenters. The lowest BCUT2D eigenvalue weighted by Gasteiger charge is -2.38. The van der Waals surface area contributed by atoms with Crippen LogP contribution in [0.1, 0.15) is 49.0 Å². The van der Waals surface area contributed by atoms with E-state index < -0.39 is 26.0 Å². The molecule has 4 rings (SSSR count). The van der Waals surface area contributed by atoms with Gasteiger partial charge in [-0.2, -0.15) is 4.31 Å². The molecule has 0 spiro atoms. The molecular formula is C29H43N5O5S2. The minimum Gasteiger partial charge on any atom is -0.330 e. The summed E-state index contributed by atoms with van der Waals surface area (Å²) in [7, 11) is -5.83. The lowest BCUT2D eigenvalue weighted by molar-refractivity contribution is 0.0976. The van der Waals surface area contributed by atoms with Crippen molar-refractivity contribution in [1.82, 2.24) is 9.21 Å². The summed E-state index contributed by atoms with van der Waals surface area (Å²) in [6.45, 7) is 8.43. The van der Waals surface area contributed by atoms with Gasteiger partial charge in [-0.3, -0.25) is 14.0 Å². The fourth-order valence-electron chi connectivity index (χ4n) is 5.64. The molecule has 3 N–H and O–H groups in total. The number of nitrogens with zero attached hydrogens (tertiary/aromatic N) is 3. The van der Waals surface area contributed by atoms with E-state index in [4.69, 9.17) is 5.73 Å². The zero-order chi connectivity index (χ0) is 29.9. The molecule has 10 nitrogen and oxygen atoms in total. The molecule has 2 saturated heterocycles. The van der Waals surface area contributed by atoms with Crippen molar-refractivity contribution in [2.75, 3.05) is 55.6 Å². The first-order valence-electron chi connectivity index (χ1n) is 14.2. The number of anilines is 2. The van der Waals surface area contributed by atoms with E-state index in [9.17, 15) is 21.6 Å². The molecule has 41 heavy (non-hydrogen) atoms. The molecule has 2 fully saturated rings. The summed E-state index contributed by atoms with van der Waals surface area (Å²) in [5.74, 6) is 1.14. The molecule has 12 heteroatoms. The molecule has 0 aliphatic carbocycles. The largest absolute Gasteiger partial charge is 0.330 e. The Bertz CT molecular complexity index is 1430. The second-order valence-corrected chi connectivity index (χ2v) is 15.8. The molecule has 2 aliphatic rings. The summed E-state index contributed by atoms with van der Waals surface area (Å²) in [4.78, 5) is 15.8. The number of piperidine rings is 1. The van der Waals surface area contributed by atoms with Gasteiger partial charge in [0.25, 0.3) is 5.91 Å². The van der Waals surface area contributed by atoms with Crippen molar-refractivity contribution in [3.63, 3.8) is 0 Å². The van der Waals surface area contributed by atoms with Crippen molar-refractivity contribution < 1.29 is 21.6 Å². The molecule has 0 aromatic heterocycles. The van der Waals surface area contributed by atoms with Crippen LogP contribution in [-0.4, -0.2) is 78.0 Å². The first-order chi connectivity index (χ1) is 19.3. The normalized spacial score (nSPS) is 17.9. The maximum atomic E-state index is 13.4. The number of hydrogen-bond donors (Lipinski definition) is 2. The molecule has 0 bridgehead atoms. The molecule has 226 valence electrons.